The highest BCUT2D eigenvalue weighted by Gasteiger charge is 2.12. The number of rotatable bonds is 6. The number of thiophene rings is 1. The van der Waals surface area contributed by atoms with Crippen LogP contribution in [0.4, 0.5) is 0 Å². The van der Waals surface area contributed by atoms with Gasteiger partial charge in [0.25, 0.3) is 0 Å². The maximum absolute atomic E-state index is 11.8. The van der Waals surface area contributed by atoms with E-state index in [2.05, 4.69) is 42.5 Å². The number of nitrogens with one attached hydrogen (secondary N) is 2. The van der Waals surface area contributed by atoms with E-state index in [1.54, 1.807) is 17.5 Å². The van der Waals surface area contributed by atoms with Gasteiger partial charge in [0.15, 0.2) is 0 Å². The van der Waals surface area contributed by atoms with E-state index in [1.165, 1.54) is 15.3 Å². The summed E-state index contributed by atoms with van der Waals surface area (Å²) < 4.78 is 0. The molecular weight excluding hydrogens is 282 g/mol. The highest BCUT2D eigenvalue weighted by molar-refractivity contribution is 7.12. The van der Waals surface area contributed by atoms with Gasteiger partial charge in [-0.15, -0.1) is 11.3 Å². The van der Waals surface area contributed by atoms with Crippen molar-refractivity contribution in [3.63, 3.8) is 0 Å². The molecule has 21 heavy (non-hydrogen) atoms. The van der Waals surface area contributed by atoms with Gasteiger partial charge < -0.3 is 10.6 Å². The Balaban J connectivity index is 1.77. The molecule has 2 aromatic heterocycles. The minimum Gasteiger partial charge on any atom is -0.349 e. The van der Waals surface area contributed by atoms with Crippen LogP contribution in [0.2, 0.25) is 0 Å². The van der Waals surface area contributed by atoms with Gasteiger partial charge in [0.05, 0.1) is 18.8 Å². The van der Waals surface area contributed by atoms with Crippen molar-refractivity contribution in [2.24, 2.45) is 0 Å². The van der Waals surface area contributed by atoms with Gasteiger partial charge in [0, 0.05) is 22.0 Å². The van der Waals surface area contributed by atoms with E-state index in [4.69, 9.17) is 0 Å². The molecule has 2 aromatic rings. The second-order valence-electron chi connectivity index (χ2n) is 5.07. The zero-order chi connectivity index (χ0) is 15.2. The average Bonchev–Trinajstić information content (AvgIpc) is 2.82. The first-order valence-electron chi connectivity index (χ1n) is 7.03. The molecule has 0 aromatic carbocycles. The number of carbonyl (C=O) groups is 1. The van der Waals surface area contributed by atoms with Crippen LogP contribution in [0, 0.1) is 13.8 Å². The SMILES string of the molecule is Cc1cc(C(C)NCC(=O)NCc2ccccn2)c(C)s1. The van der Waals surface area contributed by atoms with E-state index in [0.717, 1.165) is 5.69 Å². The molecule has 0 saturated carbocycles. The van der Waals surface area contributed by atoms with Gasteiger partial charge in [-0.3, -0.25) is 9.78 Å². The molecular formula is C16H21N3OS. The van der Waals surface area contributed by atoms with Crippen LogP contribution in [-0.4, -0.2) is 17.4 Å². The lowest BCUT2D eigenvalue weighted by atomic mass is 10.1. The topological polar surface area (TPSA) is 54.0 Å². The summed E-state index contributed by atoms with van der Waals surface area (Å²) in [7, 11) is 0. The van der Waals surface area contributed by atoms with Crippen molar-refractivity contribution in [3.8, 4) is 0 Å². The Morgan fingerprint density at radius 2 is 2.19 bits per heavy atom. The van der Waals surface area contributed by atoms with Crippen LogP contribution in [-0.2, 0) is 11.3 Å². The normalized spacial score (nSPS) is 12.1. The third-order valence-corrected chi connectivity index (χ3v) is 4.29. The number of pyridine rings is 1. The molecule has 0 radical (unpaired) electrons. The quantitative estimate of drug-likeness (QED) is 0.863. The molecule has 0 aliphatic heterocycles. The summed E-state index contributed by atoms with van der Waals surface area (Å²) in [4.78, 5) is 18.6. The summed E-state index contributed by atoms with van der Waals surface area (Å²) in [5.41, 5.74) is 2.14. The molecule has 1 atom stereocenters. The van der Waals surface area contributed by atoms with Crippen molar-refractivity contribution in [2.75, 3.05) is 6.54 Å². The maximum atomic E-state index is 11.8. The van der Waals surface area contributed by atoms with Crippen molar-refractivity contribution in [2.45, 2.75) is 33.4 Å². The zero-order valence-corrected chi connectivity index (χ0v) is 13.5. The van der Waals surface area contributed by atoms with Crippen molar-refractivity contribution in [3.05, 3.63) is 51.5 Å². The van der Waals surface area contributed by atoms with Gasteiger partial charge in [-0.05, 0) is 44.5 Å². The van der Waals surface area contributed by atoms with E-state index in [9.17, 15) is 4.79 Å². The number of aromatic nitrogens is 1. The lowest BCUT2D eigenvalue weighted by molar-refractivity contribution is -0.120. The molecule has 0 fully saturated rings. The number of aryl methyl sites for hydroxylation is 2. The fraction of sp³-hybridized carbons (Fsp3) is 0.375. The zero-order valence-electron chi connectivity index (χ0n) is 12.6. The van der Waals surface area contributed by atoms with Gasteiger partial charge in [-0.25, -0.2) is 0 Å². The Morgan fingerprint density at radius 3 is 2.81 bits per heavy atom. The van der Waals surface area contributed by atoms with E-state index in [-0.39, 0.29) is 11.9 Å². The Bertz CT molecular complexity index is 595. The Hall–Kier alpha value is -1.72. The minimum absolute atomic E-state index is 0.0166. The largest absolute Gasteiger partial charge is 0.349 e. The summed E-state index contributed by atoms with van der Waals surface area (Å²) in [6.45, 7) is 7.08. The van der Waals surface area contributed by atoms with Crippen molar-refractivity contribution >= 4 is 17.2 Å². The Kier molecular flexibility index (Phi) is 5.47. The molecule has 2 rings (SSSR count). The molecule has 5 heteroatoms. The fourth-order valence-electron chi connectivity index (χ4n) is 2.19. The van der Waals surface area contributed by atoms with Crippen molar-refractivity contribution < 1.29 is 4.79 Å². The summed E-state index contributed by atoms with van der Waals surface area (Å²) >= 11 is 1.79. The molecule has 0 aliphatic rings. The van der Waals surface area contributed by atoms with E-state index in [0.29, 0.717) is 13.1 Å². The first kappa shape index (κ1) is 15.7. The van der Waals surface area contributed by atoms with Gasteiger partial charge in [-0.2, -0.15) is 0 Å². The van der Waals surface area contributed by atoms with E-state index < -0.39 is 0 Å². The fourth-order valence-corrected chi connectivity index (χ4v) is 3.21. The monoisotopic (exact) mass is 303 g/mol. The third-order valence-electron chi connectivity index (χ3n) is 3.31. The van der Waals surface area contributed by atoms with Crippen LogP contribution < -0.4 is 10.6 Å². The second-order valence-corrected chi connectivity index (χ2v) is 6.53. The Labute approximate surface area is 129 Å². The van der Waals surface area contributed by atoms with Crippen LogP contribution in [0.5, 0.6) is 0 Å². The minimum atomic E-state index is -0.0166. The number of carbonyl (C=O) groups excluding carboxylic acids is 1. The van der Waals surface area contributed by atoms with Gasteiger partial charge in [-0.1, -0.05) is 6.07 Å². The van der Waals surface area contributed by atoms with Crippen molar-refractivity contribution in [1.29, 1.82) is 0 Å². The van der Waals surface area contributed by atoms with Crippen LogP contribution in [0.3, 0.4) is 0 Å². The predicted octanol–water partition coefficient (Wildman–Crippen LogP) is 2.73. The van der Waals surface area contributed by atoms with Gasteiger partial charge >= 0.3 is 0 Å². The van der Waals surface area contributed by atoms with E-state index in [1.807, 2.05) is 18.2 Å². The van der Waals surface area contributed by atoms with Gasteiger partial charge in [0.2, 0.25) is 5.91 Å². The highest BCUT2D eigenvalue weighted by atomic mass is 32.1. The molecule has 112 valence electrons. The molecule has 0 saturated heterocycles. The molecule has 0 aliphatic carbocycles. The highest BCUT2D eigenvalue weighted by Crippen LogP contribution is 2.25. The van der Waals surface area contributed by atoms with Crippen LogP contribution in [0.15, 0.2) is 30.5 Å². The average molecular weight is 303 g/mol. The summed E-state index contributed by atoms with van der Waals surface area (Å²) in [6, 6.07) is 8.03. The van der Waals surface area contributed by atoms with Crippen molar-refractivity contribution in [1.82, 2.24) is 15.6 Å². The van der Waals surface area contributed by atoms with Crippen LogP contribution >= 0.6 is 11.3 Å². The summed E-state index contributed by atoms with van der Waals surface area (Å²) in [5, 5.41) is 6.13. The summed E-state index contributed by atoms with van der Waals surface area (Å²) in [5.74, 6) is -0.0166. The standard InChI is InChI=1S/C16H21N3OS/c1-11-8-15(13(3)21-11)12(2)18-10-16(20)19-9-14-6-4-5-7-17-14/h4-8,12,18H,9-10H2,1-3H3,(H,19,20). The second kappa shape index (κ2) is 7.33. The molecule has 1 amide bonds. The number of hydrogen-bond acceptors (Lipinski definition) is 4. The van der Waals surface area contributed by atoms with Gasteiger partial charge in [0.1, 0.15) is 0 Å². The number of nitrogens with zero attached hydrogens (tertiary/aromatic N) is 1. The maximum Gasteiger partial charge on any atom is 0.234 e. The first-order valence-corrected chi connectivity index (χ1v) is 7.85. The lowest BCUT2D eigenvalue weighted by Gasteiger charge is -2.13. The molecule has 4 nitrogen and oxygen atoms in total. The number of hydrogen-bond donors (Lipinski definition) is 2. The molecule has 2 N–H and O–H groups in total. The van der Waals surface area contributed by atoms with Crippen LogP contribution in [0.1, 0.15) is 34.0 Å². The Morgan fingerprint density at radius 1 is 1.38 bits per heavy atom. The lowest BCUT2D eigenvalue weighted by Crippen LogP contribution is -2.34. The molecule has 0 spiro atoms. The first-order chi connectivity index (χ1) is 10.1. The van der Waals surface area contributed by atoms with E-state index >= 15 is 0 Å². The molecule has 1 unspecified atom stereocenters. The molecule has 0 bridgehead atoms. The smallest absolute Gasteiger partial charge is 0.234 e. The molecule has 2 heterocycles. The van der Waals surface area contributed by atoms with Crippen LogP contribution in [0.25, 0.3) is 0 Å². The third kappa shape index (κ3) is 4.65. The predicted molar refractivity (Wildman–Crippen MR) is 86.3 cm³/mol. The summed E-state index contributed by atoms with van der Waals surface area (Å²) in [6.07, 6.45) is 1.73. The number of amides is 1.